The summed E-state index contributed by atoms with van der Waals surface area (Å²) in [4.78, 5) is 14.9. The van der Waals surface area contributed by atoms with Crippen molar-refractivity contribution in [2.24, 2.45) is 7.05 Å². The molecule has 0 amide bonds. The highest BCUT2D eigenvalue weighted by Gasteiger charge is 2.24. The zero-order chi connectivity index (χ0) is 35.1. The molecule has 0 bridgehead atoms. The second kappa shape index (κ2) is 12.8. The molecule has 5 heteroatoms. The third-order valence-electron chi connectivity index (χ3n) is 9.58. The number of imidazole rings is 1. The molecule has 0 fully saturated rings. The number of benzene rings is 5. The molecular formula is C46H38N4O. The summed E-state index contributed by atoms with van der Waals surface area (Å²) < 4.78 is 2.04. The molecule has 0 spiro atoms. The van der Waals surface area contributed by atoms with Gasteiger partial charge in [0.15, 0.2) is 0 Å². The van der Waals surface area contributed by atoms with E-state index in [0.29, 0.717) is 11.4 Å². The van der Waals surface area contributed by atoms with Gasteiger partial charge in [-0.05, 0) is 86.8 Å². The van der Waals surface area contributed by atoms with Gasteiger partial charge in [-0.25, -0.2) is 4.98 Å². The molecule has 5 nitrogen and oxygen atoms in total. The quantitative estimate of drug-likeness (QED) is 0.192. The van der Waals surface area contributed by atoms with Crippen molar-refractivity contribution in [3.63, 3.8) is 0 Å². The summed E-state index contributed by atoms with van der Waals surface area (Å²) in [5.74, 6) is 0.946. The Bertz CT molecular complexity index is 2510. The number of aromatic hydroxyl groups is 1. The molecule has 248 valence electrons. The number of fused-ring (bicyclic) bond motifs is 1. The molecule has 8 aromatic rings. The number of phenols is 1. The van der Waals surface area contributed by atoms with E-state index in [0.717, 1.165) is 61.4 Å². The number of para-hydroxylation sites is 1. The van der Waals surface area contributed by atoms with Crippen molar-refractivity contribution in [1.82, 2.24) is 19.5 Å². The van der Waals surface area contributed by atoms with Crippen LogP contribution in [0.4, 0.5) is 0 Å². The van der Waals surface area contributed by atoms with Crippen molar-refractivity contribution in [2.45, 2.75) is 26.2 Å². The van der Waals surface area contributed by atoms with E-state index in [1.54, 1.807) is 0 Å². The van der Waals surface area contributed by atoms with Crippen LogP contribution in [0.2, 0.25) is 0 Å². The normalized spacial score (nSPS) is 11.6. The second-order valence-corrected chi connectivity index (χ2v) is 14.0. The van der Waals surface area contributed by atoms with Gasteiger partial charge in [-0.3, -0.25) is 9.97 Å². The smallest absolute Gasteiger partial charge is 0.144 e. The minimum atomic E-state index is -0.220. The van der Waals surface area contributed by atoms with Gasteiger partial charge in [-0.2, -0.15) is 0 Å². The van der Waals surface area contributed by atoms with Crippen molar-refractivity contribution >= 4 is 11.0 Å². The van der Waals surface area contributed by atoms with Crippen molar-refractivity contribution in [3.05, 3.63) is 157 Å². The van der Waals surface area contributed by atoms with Gasteiger partial charge in [0.1, 0.15) is 17.1 Å². The van der Waals surface area contributed by atoms with E-state index in [-0.39, 0.29) is 11.2 Å². The van der Waals surface area contributed by atoms with E-state index < -0.39 is 0 Å². The molecule has 0 aliphatic carbocycles. The van der Waals surface area contributed by atoms with E-state index >= 15 is 0 Å². The van der Waals surface area contributed by atoms with Gasteiger partial charge in [0.05, 0.1) is 22.5 Å². The number of hydrogen-bond acceptors (Lipinski definition) is 4. The first-order valence-electron chi connectivity index (χ1n) is 17.2. The van der Waals surface area contributed by atoms with Crippen LogP contribution in [-0.2, 0) is 12.5 Å². The Morgan fingerprint density at radius 3 is 1.80 bits per heavy atom. The number of rotatable bonds is 6. The summed E-state index contributed by atoms with van der Waals surface area (Å²) in [5.41, 5.74) is 13.4. The summed E-state index contributed by atoms with van der Waals surface area (Å²) in [7, 11) is 1.99. The maximum atomic E-state index is 11.4. The zero-order valence-electron chi connectivity index (χ0n) is 29.2. The van der Waals surface area contributed by atoms with Crippen molar-refractivity contribution in [1.29, 1.82) is 0 Å². The molecule has 0 aliphatic heterocycles. The Labute approximate surface area is 298 Å². The molecule has 0 atom stereocenters. The molecule has 3 heterocycles. The first-order valence-corrected chi connectivity index (χ1v) is 17.2. The fourth-order valence-electron chi connectivity index (χ4n) is 6.86. The van der Waals surface area contributed by atoms with Crippen LogP contribution in [0.1, 0.15) is 26.3 Å². The fraction of sp³-hybridized carbons (Fsp3) is 0.109. The number of aromatic nitrogens is 4. The number of phenolic OH excluding ortho intramolecular Hbond substituents is 1. The second-order valence-electron chi connectivity index (χ2n) is 14.0. The van der Waals surface area contributed by atoms with Crippen LogP contribution in [0.25, 0.3) is 78.3 Å². The van der Waals surface area contributed by atoms with Gasteiger partial charge in [0, 0.05) is 30.6 Å². The van der Waals surface area contributed by atoms with Gasteiger partial charge in [-0.1, -0.05) is 118 Å². The maximum absolute atomic E-state index is 11.4. The number of hydrogen-bond donors (Lipinski definition) is 1. The van der Waals surface area contributed by atoms with Crippen molar-refractivity contribution in [3.8, 4) is 73.0 Å². The lowest BCUT2D eigenvalue weighted by molar-refractivity contribution is 0.448. The van der Waals surface area contributed by atoms with Crippen LogP contribution in [-0.4, -0.2) is 24.6 Å². The van der Waals surface area contributed by atoms with E-state index in [1.165, 1.54) is 11.1 Å². The van der Waals surface area contributed by atoms with Gasteiger partial charge in [-0.15, -0.1) is 0 Å². The largest absolute Gasteiger partial charge is 0.507 e. The minimum absolute atomic E-state index is 0.220. The Morgan fingerprint density at radius 2 is 1.12 bits per heavy atom. The standard InChI is InChI=1S/C46H38N4O/c1-46(2,3)39-17-11-16-38(44(39)51)45-49-43-41(50(45)4)23-25-48-42(43)37-27-35(31-14-9-6-10-15-31)26-36(28-37)40-29-34(22-24-47-40)33-20-18-32(19-21-33)30-12-7-5-8-13-30/h5-29,51H,1-4H3. The third kappa shape index (κ3) is 6.08. The molecule has 0 aliphatic rings. The predicted molar refractivity (Wildman–Crippen MR) is 209 cm³/mol. The average Bonchev–Trinajstić information content (AvgIpc) is 3.51. The fourth-order valence-corrected chi connectivity index (χ4v) is 6.86. The lowest BCUT2D eigenvalue weighted by atomic mass is 9.85. The SMILES string of the molecule is Cn1c(-c2cccc(C(C)(C)C)c2O)nc2c(-c3cc(-c4ccccc4)cc(-c4cc(-c5ccc(-c6ccccc6)cc5)ccn4)c3)nccc21. The molecule has 51 heavy (non-hydrogen) atoms. The highest BCUT2D eigenvalue weighted by Crippen LogP contribution is 2.40. The minimum Gasteiger partial charge on any atom is -0.507 e. The Hall–Kier alpha value is -6.33. The monoisotopic (exact) mass is 662 g/mol. The van der Waals surface area contributed by atoms with Crippen molar-refractivity contribution < 1.29 is 5.11 Å². The number of nitrogens with zero attached hydrogens (tertiary/aromatic N) is 4. The molecule has 0 unspecified atom stereocenters. The van der Waals surface area contributed by atoms with E-state index in [2.05, 4.69) is 124 Å². The number of pyridine rings is 2. The summed E-state index contributed by atoms with van der Waals surface area (Å²) >= 11 is 0. The average molecular weight is 663 g/mol. The molecular weight excluding hydrogens is 625 g/mol. The number of aryl methyl sites for hydroxylation is 1. The van der Waals surface area contributed by atoms with Gasteiger partial charge >= 0.3 is 0 Å². The molecule has 0 radical (unpaired) electrons. The van der Waals surface area contributed by atoms with Crippen LogP contribution >= 0.6 is 0 Å². The third-order valence-corrected chi connectivity index (χ3v) is 9.58. The molecule has 8 rings (SSSR count). The first-order chi connectivity index (χ1) is 24.7. The van der Waals surface area contributed by atoms with Crippen molar-refractivity contribution in [2.75, 3.05) is 0 Å². The van der Waals surface area contributed by atoms with Crippen LogP contribution in [0.3, 0.4) is 0 Å². The van der Waals surface area contributed by atoms with Gasteiger partial charge in [0.25, 0.3) is 0 Å². The van der Waals surface area contributed by atoms with Gasteiger partial charge < -0.3 is 9.67 Å². The first kappa shape index (κ1) is 31.9. The molecule has 5 aromatic carbocycles. The van der Waals surface area contributed by atoms with E-state index in [9.17, 15) is 5.11 Å². The summed E-state index contributed by atoms with van der Waals surface area (Å²) in [5, 5.41) is 11.4. The lowest BCUT2D eigenvalue weighted by Crippen LogP contribution is -2.11. The van der Waals surface area contributed by atoms with Crippen LogP contribution in [0, 0.1) is 0 Å². The van der Waals surface area contributed by atoms with Crippen LogP contribution < -0.4 is 0 Å². The maximum Gasteiger partial charge on any atom is 0.144 e. The van der Waals surface area contributed by atoms with E-state index in [4.69, 9.17) is 15.0 Å². The van der Waals surface area contributed by atoms with Crippen LogP contribution in [0.15, 0.2) is 152 Å². The van der Waals surface area contributed by atoms with Crippen LogP contribution in [0.5, 0.6) is 5.75 Å². The highest BCUT2D eigenvalue weighted by atomic mass is 16.3. The summed E-state index contributed by atoms with van der Waals surface area (Å²) in [6.45, 7) is 6.31. The molecule has 0 saturated heterocycles. The predicted octanol–water partition coefficient (Wildman–Crippen LogP) is 11.4. The topological polar surface area (TPSA) is 63.8 Å². The Kier molecular flexibility index (Phi) is 8.04. The Balaban J connectivity index is 1.25. The molecule has 0 saturated carbocycles. The zero-order valence-corrected chi connectivity index (χ0v) is 29.2. The highest BCUT2D eigenvalue weighted by molar-refractivity contribution is 5.94. The van der Waals surface area contributed by atoms with E-state index in [1.807, 2.05) is 60.4 Å². The lowest BCUT2D eigenvalue weighted by Gasteiger charge is -2.21. The Morgan fingerprint density at radius 1 is 0.529 bits per heavy atom. The van der Waals surface area contributed by atoms with Gasteiger partial charge in [0.2, 0.25) is 0 Å². The summed E-state index contributed by atoms with van der Waals surface area (Å²) in [6.07, 6.45) is 3.72. The summed E-state index contributed by atoms with van der Waals surface area (Å²) in [6, 6.07) is 48.1. The molecule has 3 aromatic heterocycles. The molecule has 1 N–H and O–H groups in total.